The smallest absolute Gasteiger partial charge is 0.239 e. The number of nitrogens with zero attached hydrogens (tertiary/aromatic N) is 1. The van der Waals surface area contributed by atoms with Crippen molar-refractivity contribution in [2.75, 3.05) is 7.05 Å². The Labute approximate surface area is 156 Å². The van der Waals surface area contributed by atoms with Gasteiger partial charge in [0.05, 0.1) is 6.04 Å². The number of nitrogens with two attached hydrogens (primary N) is 1. The number of hydrogen-bond acceptors (Lipinski definition) is 2. The molecule has 0 saturated carbocycles. The van der Waals surface area contributed by atoms with Gasteiger partial charge in [-0.3, -0.25) is 4.79 Å². The van der Waals surface area contributed by atoms with Gasteiger partial charge in [0.15, 0.2) is 0 Å². The summed E-state index contributed by atoms with van der Waals surface area (Å²) in [7, 11) is 1.80. The van der Waals surface area contributed by atoms with Crippen LogP contribution in [-0.2, 0) is 17.8 Å². The molecule has 3 aromatic carbocycles. The second kappa shape index (κ2) is 7.81. The number of carbonyl (C=O) groups is 1. The van der Waals surface area contributed by atoms with Gasteiger partial charge in [0.2, 0.25) is 5.91 Å². The highest BCUT2D eigenvalue weighted by Crippen LogP contribution is 2.17. The van der Waals surface area contributed by atoms with Crippen molar-refractivity contribution in [2.24, 2.45) is 5.73 Å². The average Bonchev–Trinajstić information content (AvgIpc) is 2.62. The van der Waals surface area contributed by atoms with Crippen LogP contribution in [0.4, 0.5) is 0 Å². The largest absolute Gasteiger partial charge is 0.340 e. The molecule has 0 bridgehead atoms. The van der Waals surface area contributed by atoms with Crippen LogP contribution in [0, 0.1) is 0 Å². The molecule has 1 atom stereocenters. The Hall–Kier alpha value is -2.17. The third kappa shape index (κ3) is 4.47. The number of carbonyl (C=O) groups excluding carboxylic acids is 1. The van der Waals surface area contributed by atoms with Gasteiger partial charge >= 0.3 is 0 Å². The molecule has 0 fully saturated rings. The number of rotatable bonds is 5. The third-order valence-electron chi connectivity index (χ3n) is 4.30. The molecule has 0 heterocycles. The van der Waals surface area contributed by atoms with E-state index in [1.165, 1.54) is 10.8 Å². The number of likely N-dealkylation sites (N-methyl/N-ethyl adjacent to an activating group) is 1. The van der Waals surface area contributed by atoms with Crippen molar-refractivity contribution < 1.29 is 4.79 Å². The molecule has 1 amide bonds. The Bertz CT molecular complexity index is 876. The zero-order valence-electron chi connectivity index (χ0n) is 14.2. The van der Waals surface area contributed by atoms with Crippen LogP contribution in [-0.4, -0.2) is 23.9 Å². The maximum Gasteiger partial charge on any atom is 0.239 e. The van der Waals surface area contributed by atoms with Gasteiger partial charge in [-0.1, -0.05) is 70.5 Å². The van der Waals surface area contributed by atoms with Crippen molar-refractivity contribution in [3.63, 3.8) is 0 Å². The molecule has 3 rings (SSSR count). The maximum absolute atomic E-state index is 12.6. The van der Waals surface area contributed by atoms with Crippen LogP contribution in [0.5, 0.6) is 0 Å². The normalized spacial score (nSPS) is 12.1. The van der Waals surface area contributed by atoms with Gasteiger partial charge < -0.3 is 10.6 Å². The van der Waals surface area contributed by atoms with E-state index in [0.717, 1.165) is 15.6 Å². The van der Waals surface area contributed by atoms with E-state index < -0.39 is 6.04 Å². The van der Waals surface area contributed by atoms with Gasteiger partial charge in [-0.25, -0.2) is 0 Å². The summed E-state index contributed by atoms with van der Waals surface area (Å²) < 4.78 is 1.03. The Morgan fingerprint density at radius 3 is 2.36 bits per heavy atom. The summed E-state index contributed by atoms with van der Waals surface area (Å²) in [5.41, 5.74) is 8.33. The van der Waals surface area contributed by atoms with Crippen molar-refractivity contribution in [1.29, 1.82) is 0 Å². The minimum absolute atomic E-state index is 0.0453. The predicted octanol–water partition coefficient (Wildman–Crippen LogP) is 4.13. The zero-order chi connectivity index (χ0) is 17.8. The SMILES string of the molecule is CN(Cc1ccc(Br)cc1)C(=O)[C@@H](N)Cc1ccc2ccccc2c1. The fraction of sp³-hybridized carbons (Fsp3) is 0.190. The summed E-state index contributed by atoms with van der Waals surface area (Å²) >= 11 is 3.42. The van der Waals surface area contributed by atoms with Gasteiger partial charge in [-0.15, -0.1) is 0 Å². The Morgan fingerprint density at radius 2 is 1.64 bits per heavy atom. The molecular weight excluding hydrogens is 376 g/mol. The van der Waals surface area contributed by atoms with Gasteiger partial charge in [-0.05, 0) is 40.5 Å². The van der Waals surface area contributed by atoms with Gasteiger partial charge in [-0.2, -0.15) is 0 Å². The monoisotopic (exact) mass is 396 g/mol. The minimum atomic E-state index is -0.540. The lowest BCUT2D eigenvalue weighted by Gasteiger charge is -2.21. The van der Waals surface area contributed by atoms with Crippen LogP contribution in [0.1, 0.15) is 11.1 Å². The van der Waals surface area contributed by atoms with Gasteiger partial charge in [0.25, 0.3) is 0 Å². The fourth-order valence-electron chi connectivity index (χ4n) is 2.93. The highest BCUT2D eigenvalue weighted by Gasteiger charge is 2.18. The molecular formula is C21H21BrN2O. The van der Waals surface area contributed by atoms with E-state index in [9.17, 15) is 4.79 Å². The number of amides is 1. The van der Waals surface area contributed by atoms with E-state index in [1.807, 2.05) is 42.5 Å². The van der Waals surface area contributed by atoms with Crippen molar-refractivity contribution in [1.82, 2.24) is 4.90 Å². The second-order valence-corrected chi connectivity index (χ2v) is 7.23. The summed E-state index contributed by atoms with van der Waals surface area (Å²) in [5.74, 6) is -0.0453. The first kappa shape index (κ1) is 17.6. The fourth-order valence-corrected chi connectivity index (χ4v) is 3.20. The third-order valence-corrected chi connectivity index (χ3v) is 4.82. The second-order valence-electron chi connectivity index (χ2n) is 6.31. The lowest BCUT2D eigenvalue weighted by atomic mass is 10.0. The summed E-state index contributed by atoms with van der Waals surface area (Å²) in [6.07, 6.45) is 0.536. The van der Waals surface area contributed by atoms with Crippen molar-refractivity contribution in [2.45, 2.75) is 19.0 Å². The standard InChI is InChI=1S/C21H21BrN2O/c1-24(14-15-7-10-19(22)11-8-15)21(25)20(23)13-16-6-9-17-4-2-3-5-18(17)12-16/h2-12,20H,13-14,23H2,1H3/t20-/m0/s1. The minimum Gasteiger partial charge on any atom is -0.340 e. The van der Waals surface area contributed by atoms with Crippen molar-refractivity contribution in [3.8, 4) is 0 Å². The van der Waals surface area contributed by atoms with Crippen molar-refractivity contribution >= 4 is 32.6 Å². The van der Waals surface area contributed by atoms with E-state index in [4.69, 9.17) is 5.73 Å². The van der Waals surface area contributed by atoms with Crippen LogP contribution in [0.2, 0.25) is 0 Å². The molecule has 0 saturated heterocycles. The lowest BCUT2D eigenvalue weighted by Crippen LogP contribution is -2.42. The molecule has 0 unspecified atom stereocenters. The zero-order valence-corrected chi connectivity index (χ0v) is 15.7. The summed E-state index contributed by atoms with van der Waals surface area (Å²) in [4.78, 5) is 14.3. The van der Waals surface area contributed by atoms with Crippen LogP contribution in [0.25, 0.3) is 10.8 Å². The molecule has 0 aliphatic heterocycles. The molecule has 25 heavy (non-hydrogen) atoms. The van der Waals surface area contributed by atoms with Gasteiger partial charge in [0, 0.05) is 18.1 Å². The molecule has 2 N–H and O–H groups in total. The van der Waals surface area contributed by atoms with E-state index in [1.54, 1.807) is 11.9 Å². The quantitative estimate of drug-likeness (QED) is 0.704. The predicted molar refractivity (Wildman–Crippen MR) is 106 cm³/mol. The highest BCUT2D eigenvalue weighted by atomic mass is 79.9. The maximum atomic E-state index is 12.6. The van der Waals surface area contributed by atoms with Crippen LogP contribution in [0.15, 0.2) is 71.2 Å². The molecule has 128 valence electrons. The molecule has 3 nitrogen and oxygen atoms in total. The summed E-state index contributed by atoms with van der Waals surface area (Å²) in [5, 5.41) is 2.36. The van der Waals surface area contributed by atoms with E-state index in [-0.39, 0.29) is 5.91 Å². The van der Waals surface area contributed by atoms with Crippen LogP contribution < -0.4 is 5.73 Å². The van der Waals surface area contributed by atoms with Crippen molar-refractivity contribution in [3.05, 3.63) is 82.3 Å². The number of halogens is 1. The summed E-state index contributed by atoms with van der Waals surface area (Å²) in [6, 6.07) is 21.8. The van der Waals surface area contributed by atoms with Crippen LogP contribution >= 0.6 is 15.9 Å². The number of benzene rings is 3. The average molecular weight is 397 g/mol. The Morgan fingerprint density at radius 1 is 1.00 bits per heavy atom. The first-order chi connectivity index (χ1) is 12.0. The first-order valence-electron chi connectivity index (χ1n) is 8.25. The Kier molecular flexibility index (Phi) is 5.51. The van der Waals surface area contributed by atoms with E-state index in [0.29, 0.717) is 13.0 Å². The number of fused-ring (bicyclic) bond motifs is 1. The lowest BCUT2D eigenvalue weighted by molar-refractivity contribution is -0.131. The molecule has 0 aromatic heterocycles. The topological polar surface area (TPSA) is 46.3 Å². The molecule has 0 radical (unpaired) electrons. The van der Waals surface area contributed by atoms with Crippen LogP contribution in [0.3, 0.4) is 0 Å². The molecule has 3 aromatic rings. The molecule has 0 spiro atoms. The first-order valence-corrected chi connectivity index (χ1v) is 9.05. The number of hydrogen-bond donors (Lipinski definition) is 1. The molecule has 4 heteroatoms. The Balaban J connectivity index is 1.65. The highest BCUT2D eigenvalue weighted by molar-refractivity contribution is 9.10. The summed E-state index contributed by atoms with van der Waals surface area (Å²) in [6.45, 7) is 0.553. The van der Waals surface area contributed by atoms with E-state index in [2.05, 4.69) is 40.2 Å². The molecule has 0 aliphatic carbocycles. The molecule has 0 aliphatic rings. The van der Waals surface area contributed by atoms with E-state index >= 15 is 0 Å². The van der Waals surface area contributed by atoms with Gasteiger partial charge in [0.1, 0.15) is 0 Å².